The number of piperazine rings is 1. The van der Waals surface area contributed by atoms with Crippen molar-refractivity contribution in [3.63, 3.8) is 0 Å². The topological polar surface area (TPSA) is 36.4 Å². The molecule has 130 valence electrons. The number of benzene rings is 1. The Morgan fingerprint density at radius 3 is 2.80 bits per heavy atom. The molecule has 0 aliphatic carbocycles. The molecule has 0 radical (unpaired) electrons. The van der Waals surface area contributed by atoms with Gasteiger partial charge in [0.15, 0.2) is 5.13 Å². The average molecular weight is 390 g/mol. The molecule has 1 aliphatic heterocycles. The molecule has 0 bridgehead atoms. The second kappa shape index (κ2) is 7.35. The smallest absolute Gasteiger partial charge is 0.227 e. The van der Waals surface area contributed by atoms with Crippen LogP contribution in [0.25, 0.3) is 10.2 Å². The number of carbonyl (C=O) groups excluding carboxylic acids is 1. The lowest BCUT2D eigenvalue weighted by Crippen LogP contribution is -2.49. The van der Waals surface area contributed by atoms with Crippen LogP contribution in [0.15, 0.2) is 40.6 Å². The summed E-state index contributed by atoms with van der Waals surface area (Å²) in [6, 6.07) is 10.5. The number of thioether (sulfide) groups is 1. The summed E-state index contributed by atoms with van der Waals surface area (Å²) >= 11 is 5.15. The van der Waals surface area contributed by atoms with E-state index in [1.807, 2.05) is 22.4 Å². The van der Waals surface area contributed by atoms with Gasteiger partial charge in [-0.25, -0.2) is 4.98 Å². The van der Waals surface area contributed by atoms with Crippen molar-refractivity contribution in [2.24, 2.45) is 0 Å². The molecule has 0 saturated carbocycles. The second-order valence-corrected chi connectivity index (χ2v) is 8.88. The van der Waals surface area contributed by atoms with Gasteiger partial charge in [0.05, 0.1) is 16.6 Å². The van der Waals surface area contributed by atoms with E-state index in [9.17, 15) is 4.79 Å². The minimum Gasteiger partial charge on any atom is -0.345 e. The van der Waals surface area contributed by atoms with Crippen molar-refractivity contribution in [1.29, 1.82) is 0 Å². The number of nitrogens with zero attached hydrogens (tertiary/aromatic N) is 3. The standard InChI is InChI=1S/C18H19N3OS3/c1-23-13-4-5-15-16(11-13)25-18(19-15)21-8-6-20(7-9-21)17(22)12-14-3-2-10-24-14/h2-5,10-11H,6-9,12H2,1H3. The van der Waals surface area contributed by atoms with Crippen LogP contribution in [-0.2, 0) is 11.2 Å². The number of aromatic nitrogens is 1. The summed E-state index contributed by atoms with van der Waals surface area (Å²) in [5, 5.41) is 3.09. The highest BCUT2D eigenvalue weighted by atomic mass is 32.2. The maximum absolute atomic E-state index is 12.4. The maximum atomic E-state index is 12.4. The Morgan fingerprint density at radius 2 is 2.08 bits per heavy atom. The number of thiazole rings is 1. The number of hydrogen-bond acceptors (Lipinski definition) is 6. The molecule has 1 saturated heterocycles. The van der Waals surface area contributed by atoms with E-state index in [1.54, 1.807) is 34.4 Å². The van der Waals surface area contributed by atoms with Crippen LogP contribution in [0, 0.1) is 0 Å². The van der Waals surface area contributed by atoms with Gasteiger partial charge in [-0.1, -0.05) is 17.4 Å². The van der Waals surface area contributed by atoms with Gasteiger partial charge in [0.25, 0.3) is 0 Å². The Bertz CT molecular complexity index is 867. The lowest BCUT2D eigenvalue weighted by molar-refractivity contribution is -0.130. The van der Waals surface area contributed by atoms with Crippen molar-refractivity contribution in [1.82, 2.24) is 9.88 Å². The number of carbonyl (C=O) groups is 1. The highest BCUT2D eigenvalue weighted by Gasteiger charge is 2.23. The normalized spacial score (nSPS) is 15.1. The van der Waals surface area contributed by atoms with Crippen molar-refractivity contribution in [2.45, 2.75) is 11.3 Å². The summed E-state index contributed by atoms with van der Waals surface area (Å²) < 4.78 is 1.23. The lowest BCUT2D eigenvalue weighted by atomic mass is 10.2. The van der Waals surface area contributed by atoms with Crippen LogP contribution in [0.4, 0.5) is 5.13 Å². The summed E-state index contributed by atoms with van der Waals surface area (Å²) in [4.78, 5) is 23.9. The van der Waals surface area contributed by atoms with E-state index in [0.717, 1.165) is 41.7 Å². The van der Waals surface area contributed by atoms with Crippen LogP contribution < -0.4 is 4.90 Å². The second-order valence-electron chi connectivity index (χ2n) is 5.95. The van der Waals surface area contributed by atoms with E-state index in [0.29, 0.717) is 6.42 Å². The van der Waals surface area contributed by atoms with Gasteiger partial charge >= 0.3 is 0 Å². The first-order chi connectivity index (χ1) is 12.2. The fraction of sp³-hybridized carbons (Fsp3) is 0.333. The molecular weight excluding hydrogens is 370 g/mol. The molecule has 7 heteroatoms. The van der Waals surface area contributed by atoms with Gasteiger partial charge in [0, 0.05) is 36.0 Å². The first kappa shape index (κ1) is 16.9. The summed E-state index contributed by atoms with van der Waals surface area (Å²) in [6.45, 7) is 3.25. The molecule has 4 nitrogen and oxygen atoms in total. The predicted octanol–water partition coefficient (Wildman–Crippen LogP) is 3.97. The summed E-state index contributed by atoms with van der Waals surface area (Å²) in [5.74, 6) is 0.232. The minimum atomic E-state index is 0.232. The van der Waals surface area contributed by atoms with E-state index in [2.05, 4.69) is 29.4 Å². The zero-order valence-electron chi connectivity index (χ0n) is 14.0. The van der Waals surface area contributed by atoms with Gasteiger partial charge in [-0.3, -0.25) is 4.79 Å². The molecule has 3 aromatic rings. The van der Waals surface area contributed by atoms with E-state index in [4.69, 9.17) is 4.98 Å². The van der Waals surface area contributed by atoms with E-state index in [-0.39, 0.29) is 5.91 Å². The zero-order chi connectivity index (χ0) is 17.2. The Balaban J connectivity index is 1.40. The monoisotopic (exact) mass is 389 g/mol. The van der Waals surface area contributed by atoms with Crippen LogP contribution >= 0.6 is 34.4 Å². The van der Waals surface area contributed by atoms with Gasteiger partial charge in [-0.15, -0.1) is 23.1 Å². The fourth-order valence-electron chi connectivity index (χ4n) is 2.98. The average Bonchev–Trinajstić information content (AvgIpc) is 3.30. The summed E-state index contributed by atoms with van der Waals surface area (Å²) in [6.07, 6.45) is 2.62. The maximum Gasteiger partial charge on any atom is 0.227 e. The minimum absolute atomic E-state index is 0.232. The number of amides is 1. The fourth-order valence-corrected chi connectivity index (χ4v) is 5.24. The number of hydrogen-bond donors (Lipinski definition) is 0. The quantitative estimate of drug-likeness (QED) is 0.633. The zero-order valence-corrected chi connectivity index (χ0v) is 16.4. The molecule has 1 aromatic carbocycles. The molecule has 1 amide bonds. The van der Waals surface area contributed by atoms with E-state index in [1.165, 1.54) is 9.60 Å². The van der Waals surface area contributed by atoms with Crippen molar-refractivity contribution >= 4 is 55.7 Å². The molecule has 0 atom stereocenters. The van der Waals surface area contributed by atoms with Gasteiger partial charge in [-0.05, 0) is 35.9 Å². The SMILES string of the molecule is CSc1ccc2nc(N3CCN(C(=O)Cc4cccs4)CC3)sc2c1. The highest BCUT2D eigenvalue weighted by molar-refractivity contribution is 7.98. The number of rotatable bonds is 4. The molecule has 4 rings (SSSR count). The number of fused-ring (bicyclic) bond motifs is 1. The van der Waals surface area contributed by atoms with Crippen molar-refractivity contribution in [3.05, 3.63) is 40.6 Å². The van der Waals surface area contributed by atoms with E-state index >= 15 is 0 Å². The summed E-state index contributed by atoms with van der Waals surface area (Å²) in [5.41, 5.74) is 1.06. The van der Waals surface area contributed by atoms with Crippen LogP contribution in [-0.4, -0.2) is 48.2 Å². The Labute approximate surface area is 159 Å². The van der Waals surface area contributed by atoms with Gasteiger partial charge in [0.1, 0.15) is 0 Å². The van der Waals surface area contributed by atoms with Crippen molar-refractivity contribution in [2.75, 3.05) is 37.3 Å². The Morgan fingerprint density at radius 1 is 1.24 bits per heavy atom. The van der Waals surface area contributed by atoms with Crippen molar-refractivity contribution in [3.8, 4) is 0 Å². The lowest BCUT2D eigenvalue weighted by Gasteiger charge is -2.34. The third-order valence-corrected chi connectivity index (χ3v) is 7.07. The third kappa shape index (κ3) is 3.68. The van der Waals surface area contributed by atoms with Gasteiger partial charge in [0.2, 0.25) is 5.91 Å². The first-order valence-electron chi connectivity index (χ1n) is 8.22. The molecule has 3 heterocycles. The van der Waals surface area contributed by atoms with E-state index < -0.39 is 0 Å². The third-order valence-electron chi connectivity index (χ3n) is 4.39. The van der Waals surface area contributed by atoms with Crippen LogP contribution in [0.5, 0.6) is 0 Å². The summed E-state index contributed by atoms with van der Waals surface area (Å²) in [7, 11) is 0. The van der Waals surface area contributed by atoms with Crippen LogP contribution in [0.2, 0.25) is 0 Å². The van der Waals surface area contributed by atoms with Crippen LogP contribution in [0.3, 0.4) is 0 Å². The van der Waals surface area contributed by atoms with Gasteiger partial charge in [-0.2, -0.15) is 0 Å². The molecule has 1 aliphatic rings. The number of thiophene rings is 1. The first-order valence-corrected chi connectivity index (χ1v) is 11.1. The molecule has 0 N–H and O–H groups in total. The van der Waals surface area contributed by atoms with Gasteiger partial charge < -0.3 is 9.80 Å². The van der Waals surface area contributed by atoms with Crippen LogP contribution in [0.1, 0.15) is 4.88 Å². The molecule has 1 fully saturated rings. The molecule has 25 heavy (non-hydrogen) atoms. The number of anilines is 1. The largest absolute Gasteiger partial charge is 0.345 e. The Hall–Kier alpha value is -1.57. The molecule has 2 aromatic heterocycles. The Kier molecular flexibility index (Phi) is 4.96. The van der Waals surface area contributed by atoms with Crippen molar-refractivity contribution < 1.29 is 4.79 Å². The predicted molar refractivity (Wildman–Crippen MR) is 108 cm³/mol. The highest BCUT2D eigenvalue weighted by Crippen LogP contribution is 2.32. The molecule has 0 spiro atoms. The molecule has 0 unspecified atom stereocenters. The molecular formula is C18H19N3OS3.